The number of aliphatic imine (C=N–C) groups is 1. The summed E-state index contributed by atoms with van der Waals surface area (Å²) in [5.41, 5.74) is -0.203. The van der Waals surface area contributed by atoms with Crippen molar-refractivity contribution >= 4 is 40.6 Å². The van der Waals surface area contributed by atoms with E-state index in [9.17, 15) is 9.90 Å². The van der Waals surface area contributed by atoms with Crippen molar-refractivity contribution in [2.45, 2.75) is 96.2 Å². The molecule has 8 rings (SSSR count). The number of benzene rings is 2. The summed E-state index contributed by atoms with van der Waals surface area (Å²) in [7, 11) is 1.41. The second-order valence-corrected chi connectivity index (χ2v) is 15.4. The number of nitrogens with zero attached hydrogens (tertiary/aromatic N) is 5. The number of piperidine rings is 2. The number of halogens is 2. The molecule has 3 aromatic rings. The fraction of sp³-hybridized carbons (Fsp3) is 0.571. The minimum atomic E-state index is -0.797. The molecule has 1 aromatic heterocycles. The van der Waals surface area contributed by atoms with Gasteiger partial charge in [0, 0.05) is 53.9 Å². The van der Waals surface area contributed by atoms with Gasteiger partial charge >= 0.3 is 12.1 Å². The lowest BCUT2D eigenvalue weighted by molar-refractivity contribution is -0.0512. The van der Waals surface area contributed by atoms with Gasteiger partial charge in [0.15, 0.2) is 0 Å². The Morgan fingerprint density at radius 3 is 2.64 bits per heavy atom. The minimum absolute atomic E-state index is 0.0132. The summed E-state index contributed by atoms with van der Waals surface area (Å²) in [6.45, 7) is 9.88. The number of aromatic nitrogens is 2. The monoisotopic (exact) mass is 776 g/mol. The summed E-state index contributed by atoms with van der Waals surface area (Å²) >= 11 is 0. The number of phenolic OH excluding ortho intramolecular Hbond substituents is 1. The number of phenols is 1. The molecule has 5 heterocycles. The van der Waals surface area contributed by atoms with Crippen LogP contribution in [0.2, 0.25) is 0 Å². The van der Waals surface area contributed by atoms with E-state index >= 15 is 8.78 Å². The number of nitrogens with one attached hydrogen (secondary N) is 1. The van der Waals surface area contributed by atoms with Crippen molar-refractivity contribution in [1.82, 2.24) is 20.2 Å². The van der Waals surface area contributed by atoms with Crippen LogP contribution in [-0.2, 0) is 14.2 Å². The number of carbonyl (C=O) groups excluding carboxylic acids is 1. The normalized spacial score (nSPS) is 26.7. The van der Waals surface area contributed by atoms with Crippen molar-refractivity contribution in [3.8, 4) is 11.8 Å². The van der Waals surface area contributed by atoms with Gasteiger partial charge in [-0.1, -0.05) is 32.4 Å². The third-order valence-corrected chi connectivity index (χ3v) is 12.2. The topological polar surface area (TPSA) is 131 Å². The lowest BCUT2D eigenvalue weighted by atomic mass is 9.74. The summed E-state index contributed by atoms with van der Waals surface area (Å²) in [4.78, 5) is 31.2. The first kappa shape index (κ1) is 39.7. The number of rotatable bonds is 8. The van der Waals surface area contributed by atoms with Crippen LogP contribution in [0.3, 0.4) is 0 Å². The molecule has 5 aliphatic rings. The predicted octanol–water partition coefficient (Wildman–Crippen LogP) is 5.70. The number of methoxy groups -OCH3 is 1. The highest BCUT2D eigenvalue weighted by atomic mass is 19.1. The zero-order valence-electron chi connectivity index (χ0n) is 32.9. The Morgan fingerprint density at radius 1 is 1.11 bits per heavy atom. The molecule has 2 N–H and O–H groups in total. The van der Waals surface area contributed by atoms with Gasteiger partial charge in [-0.3, -0.25) is 4.90 Å². The van der Waals surface area contributed by atoms with E-state index in [0.29, 0.717) is 73.4 Å². The number of hydrogen-bond donors (Lipinski definition) is 2. The summed E-state index contributed by atoms with van der Waals surface area (Å²) < 4.78 is 54.3. The first-order valence-electron chi connectivity index (χ1n) is 20.1. The number of carbonyl (C=O) groups is 1. The number of amides is 1. The van der Waals surface area contributed by atoms with Gasteiger partial charge in [-0.15, -0.1) is 0 Å². The van der Waals surface area contributed by atoms with Crippen LogP contribution in [0, 0.1) is 11.2 Å². The number of fused-ring (bicyclic) bond motifs is 2. The van der Waals surface area contributed by atoms with Crippen LogP contribution < -0.4 is 25.5 Å². The van der Waals surface area contributed by atoms with Gasteiger partial charge in [0.05, 0.1) is 26.8 Å². The Balaban J connectivity index is 0.00000237. The van der Waals surface area contributed by atoms with E-state index in [2.05, 4.69) is 15.2 Å². The number of anilines is 1. The molecule has 1 spiro atoms. The molecule has 1 amide bonds. The van der Waals surface area contributed by atoms with E-state index in [1.807, 2.05) is 18.7 Å². The van der Waals surface area contributed by atoms with Crippen molar-refractivity contribution in [2.24, 2.45) is 10.4 Å². The first-order chi connectivity index (χ1) is 27.2. The average Bonchev–Trinajstić information content (AvgIpc) is 3.82. The van der Waals surface area contributed by atoms with Gasteiger partial charge in [-0.25, -0.2) is 18.6 Å². The summed E-state index contributed by atoms with van der Waals surface area (Å²) in [5.74, 6) is -0.230. The molecule has 14 heteroatoms. The van der Waals surface area contributed by atoms with Crippen molar-refractivity contribution in [3.05, 3.63) is 52.3 Å². The standard InChI is InChI=1S/C40H48F2N6O6.C2H6/c1-25(29-20-28(49)19-26-7-3-8-30(42)33(26)29)44-36(51-2)34-31(21-41)45-37(46-35(34)47-15-6-14-40(23-47)22-43-38(50)54-40)53-24-39-12-4-9-32(39)48(16-5-13-39)27-10-17-52-18-11-27;1-2/h3,7-8,19-21,27,32,49H,4-6,9-18,22-24H2,1-2H3,(H,43,50);1-2H3/b31-21-,36-34-,44-25+;/t32?,39?,40-;/m0./s1. The van der Waals surface area contributed by atoms with Gasteiger partial charge in [0.25, 0.3) is 0 Å². The lowest BCUT2D eigenvalue weighted by Crippen LogP contribution is -2.56. The third-order valence-electron chi connectivity index (χ3n) is 12.2. The van der Waals surface area contributed by atoms with Crippen LogP contribution in [0.15, 0.2) is 35.3 Å². The fourth-order valence-electron chi connectivity index (χ4n) is 9.70. The SMILES string of the molecule is CC.COC(/N=C(\C)c1cc(O)cc2cccc(F)c12)=c1\c(N2CCC[C@]3(CNC(=O)O3)C2)nc(OCC23CCCC2N(C2CCOCC2)CCC3)n\c1=C/F. The molecule has 0 radical (unpaired) electrons. The third kappa shape index (κ3) is 7.74. The maximum absolute atomic E-state index is 15.2. The molecule has 302 valence electrons. The molecule has 4 saturated heterocycles. The van der Waals surface area contributed by atoms with Gasteiger partial charge in [-0.2, -0.15) is 9.97 Å². The maximum Gasteiger partial charge on any atom is 0.407 e. The predicted molar refractivity (Wildman–Crippen MR) is 210 cm³/mol. The van der Waals surface area contributed by atoms with Gasteiger partial charge < -0.3 is 34.3 Å². The van der Waals surface area contributed by atoms with E-state index in [4.69, 9.17) is 28.9 Å². The Kier molecular flexibility index (Phi) is 12.0. The molecule has 56 heavy (non-hydrogen) atoms. The molecule has 1 saturated carbocycles. The molecular weight excluding hydrogens is 722 g/mol. The highest BCUT2D eigenvalue weighted by Gasteiger charge is 2.50. The summed E-state index contributed by atoms with van der Waals surface area (Å²) in [6, 6.07) is 8.47. The second kappa shape index (κ2) is 16.9. The summed E-state index contributed by atoms with van der Waals surface area (Å²) in [5, 5.41) is 14.2. The van der Waals surface area contributed by atoms with Crippen LogP contribution >= 0.6 is 0 Å². The molecule has 0 bridgehead atoms. The number of alkyl carbamates (subject to hydrolysis) is 1. The Labute approximate surface area is 326 Å². The summed E-state index contributed by atoms with van der Waals surface area (Å²) in [6.07, 6.45) is 8.69. The van der Waals surface area contributed by atoms with Gasteiger partial charge in [0.1, 0.15) is 39.9 Å². The van der Waals surface area contributed by atoms with Crippen molar-refractivity contribution in [2.75, 3.05) is 58.0 Å². The van der Waals surface area contributed by atoms with E-state index in [0.717, 1.165) is 64.7 Å². The number of hydrogen-bond acceptors (Lipinski definition) is 11. The van der Waals surface area contributed by atoms with Crippen LogP contribution in [0.25, 0.3) is 23.0 Å². The van der Waals surface area contributed by atoms with Crippen LogP contribution in [0.1, 0.15) is 84.1 Å². The minimum Gasteiger partial charge on any atom is -0.508 e. The smallest absolute Gasteiger partial charge is 0.407 e. The molecular formula is C42H54F2N6O6. The van der Waals surface area contributed by atoms with Crippen LogP contribution in [0.5, 0.6) is 11.8 Å². The number of aromatic hydroxyl groups is 1. The molecule has 12 nitrogen and oxygen atoms in total. The van der Waals surface area contributed by atoms with Crippen LogP contribution in [-0.4, -0.2) is 103 Å². The van der Waals surface area contributed by atoms with Crippen molar-refractivity contribution in [3.63, 3.8) is 0 Å². The highest BCUT2D eigenvalue weighted by Crippen LogP contribution is 2.49. The fourth-order valence-corrected chi connectivity index (χ4v) is 9.70. The first-order valence-corrected chi connectivity index (χ1v) is 20.1. The molecule has 3 atom stereocenters. The van der Waals surface area contributed by atoms with E-state index < -0.39 is 17.5 Å². The van der Waals surface area contributed by atoms with Crippen molar-refractivity contribution < 1.29 is 37.6 Å². The maximum atomic E-state index is 15.2. The Hall–Kier alpha value is -4.56. The molecule has 5 fully saturated rings. The largest absolute Gasteiger partial charge is 0.508 e. The zero-order valence-corrected chi connectivity index (χ0v) is 32.9. The average molecular weight is 777 g/mol. The van der Waals surface area contributed by atoms with E-state index in [1.54, 1.807) is 19.1 Å². The highest BCUT2D eigenvalue weighted by molar-refractivity contribution is 6.11. The van der Waals surface area contributed by atoms with Crippen molar-refractivity contribution in [1.29, 1.82) is 0 Å². The molecule has 2 unspecified atom stereocenters. The van der Waals surface area contributed by atoms with E-state index in [-0.39, 0.29) is 45.6 Å². The molecule has 1 aliphatic carbocycles. The quantitative estimate of drug-likeness (QED) is 0.275. The molecule has 4 aliphatic heterocycles. The second-order valence-electron chi connectivity index (χ2n) is 15.4. The number of ether oxygens (including phenoxy) is 4. The van der Waals surface area contributed by atoms with Gasteiger partial charge in [-0.05, 0) is 88.4 Å². The number of likely N-dealkylation sites (tertiary alicyclic amines) is 1. The lowest BCUT2D eigenvalue weighted by Gasteiger charge is -2.50. The molecule has 2 aromatic carbocycles. The Bertz CT molecular complexity index is 2080. The van der Waals surface area contributed by atoms with Gasteiger partial charge in [0.2, 0.25) is 5.88 Å². The Morgan fingerprint density at radius 2 is 1.89 bits per heavy atom. The van der Waals surface area contributed by atoms with Crippen LogP contribution in [0.4, 0.5) is 19.4 Å². The zero-order chi connectivity index (χ0) is 39.5. The van der Waals surface area contributed by atoms with E-state index in [1.165, 1.54) is 25.3 Å².